The lowest BCUT2D eigenvalue weighted by Crippen LogP contribution is -2.31. The number of ether oxygens (including phenoxy) is 1. The Hall–Kier alpha value is -3.94. The summed E-state index contributed by atoms with van der Waals surface area (Å²) in [4.78, 5) is 44.4. The van der Waals surface area contributed by atoms with Gasteiger partial charge in [-0.2, -0.15) is 0 Å². The molecule has 2 aromatic carbocycles. The number of esters is 1. The van der Waals surface area contributed by atoms with Gasteiger partial charge in [-0.15, -0.1) is 0 Å². The molecule has 0 spiro atoms. The van der Waals surface area contributed by atoms with Gasteiger partial charge in [-0.1, -0.05) is 61.9 Å². The Kier molecular flexibility index (Phi) is 6.53. The Labute approximate surface area is 190 Å². The first-order valence-corrected chi connectivity index (χ1v) is 11.0. The van der Waals surface area contributed by atoms with Gasteiger partial charge in [0.15, 0.2) is 11.2 Å². The molecular weight excluding hydrogens is 420 g/mol. The number of hydrogen-bond donors (Lipinski definition) is 1. The van der Waals surface area contributed by atoms with Crippen molar-refractivity contribution in [1.29, 1.82) is 0 Å². The Balaban J connectivity index is 1.59. The van der Waals surface area contributed by atoms with Crippen LogP contribution < -0.4 is 11.2 Å². The smallest absolute Gasteiger partial charge is 0.338 e. The fourth-order valence-corrected chi connectivity index (χ4v) is 3.84. The van der Waals surface area contributed by atoms with Gasteiger partial charge < -0.3 is 9.30 Å². The summed E-state index contributed by atoms with van der Waals surface area (Å²) in [5.41, 5.74) is 2.02. The molecular formula is C25H26N4O4. The molecule has 0 aliphatic heterocycles. The summed E-state index contributed by atoms with van der Waals surface area (Å²) in [5.74, 6) is -0.0777. The fraction of sp³-hybridized carbons (Fsp3) is 0.280. The summed E-state index contributed by atoms with van der Waals surface area (Å²) in [5, 5.41) is 0. The molecule has 170 valence electrons. The van der Waals surface area contributed by atoms with Crippen LogP contribution in [-0.4, -0.2) is 25.1 Å². The molecule has 2 heterocycles. The number of imidazole rings is 1. The number of unbranched alkanes of at least 4 members (excludes halogenated alkanes) is 1. The molecule has 0 fully saturated rings. The van der Waals surface area contributed by atoms with Crippen LogP contribution >= 0.6 is 0 Å². The van der Waals surface area contributed by atoms with E-state index in [1.54, 1.807) is 23.7 Å². The first-order valence-electron chi connectivity index (χ1n) is 11.0. The lowest BCUT2D eigenvalue weighted by atomic mass is 10.00. The van der Waals surface area contributed by atoms with Crippen molar-refractivity contribution in [2.75, 3.05) is 0 Å². The normalized spacial score (nSPS) is 11.1. The van der Waals surface area contributed by atoms with E-state index in [4.69, 9.17) is 4.74 Å². The Morgan fingerprint density at radius 1 is 1.06 bits per heavy atom. The highest BCUT2D eigenvalue weighted by molar-refractivity contribution is 5.91. The van der Waals surface area contributed by atoms with Crippen molar-refractivity contribution in [2.24, 2.45) is 7.05 Å². The Bertz CT molecular complexity index is 1400. The molecule has 8 nitrogen and oxygen atoms in total. The van der Waals surface area contributed by atoms with E-state index in [-0.39, 0.29) is 12.1 Å². The van der Waals surface area contributed by atoms with Gasteiger partial charge >= 0.3 is 11.7 Å². The third-order valence-electron chi connectivity index (χ3n) is 5.65. The lowest BCUT2D eigenvalue weighted by molar-refractivity contribution is 0.0458. The zero-order chi connectivity index (χ0) is 23.4. The fourth-order valence-electron chi connectivity index (χ4n) is 3.84. The van der Waals surface area contributed by atoms with Gasteiger partial charge in [-0.25, -0.2) is 14.6 Å². The number of hydrogen-bond acceptors (Lipinski definition) is 5. The van der Waals surface area contributed by atoms with E-state index < -0.39 is 17.2 Å². The van der Waals surface area contributed by atoms with E-state index >= 15 is 0 Å². The second kappa shape index (κ2) is 9.68. The maximum Gasteiger partial charge on any atom is 0.338 e. The van der Waals surface area contributed by atoms with Crippen molar-refractivity contribution in [3.05, 3.63) is 98.0 Å². The molecule has 2 aromatic heterocycles. The minimum absolute atomic E-state index is 0.120. The van der Waals surface area contributed by atoms with E-state index in [9.17, 15) is 14.4 Å². The zero-order valence-corrected chi connectivity index (χ0v) is 18.7. The number of nitrogens with zero attached hydrogens (tertiary/aromatic N) is 3. The number of nitrogens with one attached hydrogen (secondary N) is 1. The predicted octanol–water partition coefficient (Wildman–Crippen LogP) is 3.17. The van der Waals surface area contributed by atoms with Crippen molar-refractivity contribution >= 4 is 17.1 Å². The highest BCUT2D eigenvalue weighted by Gasteiger charge is 2.19. The van der Waals surface area contributed by atoms with Crippen LogP contribution in [0.15, 0.2) is 64.2 Å². The van der Waals surface area contributed by atoms with Gasteiger partial charge in [0.25, 0.3) is 5.56 Å². The molecule has 0 unspecified atom stereocenters. The molecule has 0 aliphatic carbocycles. The third-order valence-corrected chi connectivity index (χ3v) is 5.65. The number of carbonyl (C=O) groups is 1. The van der Waals surface area contributed by atoms with Crippen LogP contribution in [-0.2, 0) is 31.4 Å². The van der Waals surface area contributed by atoms with Crippen molar-refractivity contribution in [2.45, 2.75) is 39.3 Å². The van der Waals surface area contributed by atoms with Crippen molar-refractivity contribution in [1.82, 2.24) is 19.1 Å². The number of rotatable bonds is 8. The SMILES string of the molecule is CCCCn1c(=O)[nH]c(=O)c2c1nc(COC(=O)c1ccccc1Cc1ccccc1)n2C. The van der Waals surface area contributed by atoms with Gasteiger partial charge in [-0.05, 0) is 30.0 Å². The summed E-state index contributed by atoms with van der Waals surface area (Å²) in [7, 11) is 1.67. The van der Waals surface area contributed by atoms with Crippen LogP contribution in [0.25, 0.3) is 11.2 Å². The molecule has 33 heavy (non-hydrogen) atoms. The van der Waals surface area contributed by atoms with Crippen LogP contribution in [0, 0.1) is 0 Å². The molecule has 0 amide bonds. The maximum atomic E-state index is 12.9. The van der Waals surface area contributed by atoms with Gasteiger partial charge in [-0.3, -0.25) is 14.3 Å². The van der Waals surface area contributed by atoms with Crippen LogP contribution in [0.4, 0.5) is 0 Å². The largest absolute Gasteiger partial charge is 0.454 e. The molecule has 4 aromatic rings. The number of aromatic amines is 1. The quantitative estimate of drug-likeness (QED) is 0.419. The molecule has 0 aliphatic rings. The molecule has 0 atom stereocenters. The zero-order valence-electron chi connectivity index (χ0n) is 18.7. The number of carbonyl (C=O) groups excluding carboxylic acids is 1. The molecule has 8 heteroatoms. The van der Waals surface area contributed by atoms with E-state index in [1.807, 2.05) is 49.4 Å². The van der Waals surface area contributed by atoms with Crippen molar-refractivity contribution in [3.8, 4) is 0 Å². The highest BCUT2D eigenvalue weighted by Crippen LogP contribution is 2.17. The molecule has 0 saturated carbocycles. The van der Waals surface area contributed by atoms with E-state index in [2.05, 4.69) is 9.97 Å². The Morgan fingerprint density at radius 2 is 1.79 bits per heavy atom. The Morgan fingerprint density at radius 3 is 2.55 bits per heavy atom. The predicted molar refractivity (Wildman–Crippen MR) is 125 cm³/mol. The second-order valence-corrected chi connectivity index (χ2v) is 7.92. The maximum absolute atomic E-state index is 12.9. The average Bonchev–Trinajstić information content (AvgIpc) is 3.15. The topological polar surface area (TPSA) is 99.0 Å². The second-order valence-electron chi connectivity index (χ2n) is 7.92. The highest BCUT2D eigenvalue weighted by atomic mass is 16.5. The van der Waals surface area contributed by atoms with Crippen LogP contribution in [0.3, 0.4) is 0 Å². The summed E-state index contributed by atoms with van der Waals surface area (Å²) >= 11 is 0. The minimum atomic E-state index is -0.511. The number of benzene rings is 2. The van der Waals surface area contributed by atoms with E-state index in [0.29, 0.717) is 30.0 Å². The summed E-state index contributed by atoms with van der Waals surface area (Å²) in [6.45, 7) is 2.35. The monoisotopic (exact) mass is 446 g/mol. The van der Waals surface area contributed by atoms with Crippen LogP contribution in [0.5, 0.6) is 0 Å². The molecule has 0 saturated heterocycles. The number of aromatic nitrogens is 4. The third kappa shape index (κ3) is 4.64. The molecule has 4 rings (SSSR count). The first kappa shape index (κ1) is 22.3. The van der Waals surface area contributed by atoms with Crippen molar-refractivity contribution in [3.63, 3.8) is 0 Å². The minimum Gasteiger partial charge on any atom is -0.454 e. The molecule has 0 bridgehead atoms. The van der Waals surface area contributed by atoms with Gasteiger partial charge in [0.1, 0.15) is 12.4 Å². The van der Waals surface area contributed by atoms with Crippen LogP contribution in [0.2, 0.25) is 0 Å². The standard InChI is InChI=1S/C25H26N4O4/c1-3-4-14-29-22-21(23(30)27-25(29)32)28(2)20(26-22)16-33-24(31)19-13-9-8-12-18(19)15-17-10-6-5-7-11-17/h5-13H,3-4,14-16H2,1-2H3,(H,27,30,32). The van der Waals surface area contributed by atoms with E-state index in [1.165, 1.54) is 4.57 Å². The summed E-state index contributed by atoms with van der Waals surface area (Å²) in [6, 6.07) is 17.2. The summed E-state index contributed by atoms with van der Waals surface area (Å²) in [6.07, 6.45) is 2.28. The van der Waals surface area contributed by atoms with Crippen molar-refractivity contribution < 1.29 is 9.53 Å². The first-order chi connectivity index (χ1) is 16.0. The van der Waals surface area contributed by atoms with Gasteiger partial charge in [0, 0.05) is 13.6 Å². The molecule has 0 radical (unpaired) electrons. The molecule has 1 N–H and O–H groups in total. The van der Waals surface area contributed by atoms with Gasteiger partial charge in [0.05, 0.1) is 5.56 Å². The van der Waals surface area contributed by atoms with Gasteiger partial charge in [0.2, 0.25) is 0 Å². The number of aryl methyl sites for hydroxylation is 2. The van der Waals surface area contributed by atoms with Crippen LogP contribution in [0.1, 0.15) is 47.1 Å². The average molecular weight is 447 g/mol. The van der Waals surface area contributed by atoms with E-state index in [0.717, 1.165) is 24.0 Å². The summed E-state index contributed by atoms with van der Waals surface area (Å²) < 4.78 is 8.60. The number of H-pyrrole nitrogens is 1. The number of fused-ring (bicyclic) bond motifs is 1. The lowest BCUT2D eigenvalue weighted by Gasteiger charge is -2.10.